The van der Waals surface area contributed by atoms with Gasteiger partial charge in [0.05, 0.1) is 26.0 Å². The molecule has 0 amide bonds. The molecule has 2 aromatic carbocycles. The quantitative estimate of drug-likeness (QED) is 0.671. The largest absolute Gasteiger partial charge is 0.497 e. The van der Waals surface area contributed by atoms with Crippen LogP contribution >= 0.6 is 0 Å². The topological polar surface area (TPSA) is 56.3 Å². The first kappa shape index (κ1) is 18.7. The van der Waals surface area contributed by atoms with Crippen LogP contribution in [0.5, 0.6) is 11.5 Å². The second-order valence-corrected chi connectivity index (χ2v) is 6.51. The molecule has 5 nitrogen and oxygen atoms in total. The average Bonchev–Trinajstić information content (AvgIpc) is 2.68. The summed E-state index contributed by atoms with van der Waals surface area (Å²) in [5.74, 6) is 3.19. The van der Waals surface area contributed by atoms with Crippen molar-refractivity contribution in [1.82, 2.24) is 9.97 Å². The van der Waals surface area contributed by atoms with E-state index in [9.17, 15) is 0 Å². The molecular formula is C22H25N3O2. The number of methoxy groups -OCH3 is 2. The van der Waals surface area contributed by atoms with E-state index in [0.717, 1.165) is 39.7 Å². The van der Waals surface area contributed by atoms with E-state index in [1.165, 1.54) is 0 Å². The Kier molecular flexibility index (Phi) is 5.60. The van der Waals surface area contributed by atoms with E-state index in [1.54, 1.807) is 14.2 Å². The molecule has 3 aromatic rings. The maximum absolute atomic E-state index is 5.44. The van der Waals surface area contributed by atoms with Crippen molar-refractivity contribution < 1.29 is 9.47 Å². The first-order valence-electron chi connectivity index (χ1n) is 8.91. The van der Waals surface area contributed by atoms with Crippen molar-refractivity contribution in [2.45, 2.75) is 26.8 Å². The van der Waals surface area contributed by atoms with Crippen LogP contribution in [0.25, 0.3) is 11.3 Å². The number of aromatic nitrogens is 2. The van der Waals surface area contributed by atoms with Crippen LogP contribution < -0.4 is 14.8 Å². The van der Waals surface area contributed by atoms with Crippen molar-refractivity contribution in [3.05, 3.63) is 65.5 Å². The van der Waals surface area contributed by atoms with Crippen LogP contribution in [0.3, 0.4) is 0 Å². The van der Waals surface area contributed by atoms with Crippen LogP contribution in [-0.4, -0.2) is 24.2 Å². The summed E-state index contributed by atoms with van der Waals surface area (Å²) < 4.78 is 10.8. The molecule has 0 aliphatic carbocycles. The minimum absolute atomic E-state index is 0.0785. The molecule has 5 heteroatoms. The van der Waals surface area contributed by atoms with Gasteiger partial charge in [-0.2, -0.15) is 0 Å². The molecule has 1 aromatic heterocycles. The van der Waals surface area contributed by atoms with Crippen molar-refractivity contribution in [2.24, 2.45) is 0 Å². The monoisotopic (exact) mass is 363 g/mol. The second-order valence-electron chi connectivity index (χ2n) is 6.51. The van der Waals surface area contributed by atoms with Gasteiger partial charge in [0.15, 0.2) is 0 Å². The van der Waals surface area contributed by atoms with E-state index in [2.05, 4.69) is 34.3 Å². The number of ether oxygens (including phenoxy) is 2. The Morgan fingerprint density at radius 2 is 1.74 bits per heavy atom. The van der Waals surface area contributed by atoms with Crippen molar-refractivity contribution in [3.8, 4) is 22.8 Å². The van der Waals surface area contributed by atoms with Crippen LogP contribution in [0.1, 0.15) is 29.9 Å². The fourth-order valence-electron chi connectivity index (χ4n) is 2.98. The van der Waals surface area contributed by atoms with Gasteiger partial charge >= 0.3 is 0 Å². The number of rotatable bonds is 6. The zero-order valence-electron chi connectivity index (χ0n) is 16.4. The molecule has 0 fully saturated rings. The molecule has 1 heterocycles. The summed E-state index contributed by atoms with van der Waals surface area (Å²) in [5, 5.41) is 3.46. The van der Waals surface area contributed by atoms with Gasteiger partial charge in [-0.1, -0.05) is 24.3 Å². The predicted octanol–water partition coefficient (Wildman–Crippen LogP) is 4.95. The van der Waals surface area contributed by atoms with Gasteiger partial charge in [0.1, 0.15) is 23.1 Å². The summed E-state index contributed by atoms with van der Waals surface area (Å²) in [6, 6.07) is 16.2. The molecule has 0 saturated carbocycles. The van der Waals surface area contributed by atoms with E-state index in [-0.39, 0.29) is 6.04 Å². The number of hydrogen-bond acceptors (Lipinski definition) is 5. The fourth-order valence-corrected chi connectivity index (χ4v) is 2.98. The summed E-state index contributed by atoms with van der Waals surface area (Å²) in [5.41, 5.74) is 4.09. The normalized spacial score (nSPS) is 11.7. The van der Waals surface area contributed by atoms with Crippen molar-refractivity contribution >= 4 is 5.82 Å². The molecule has 1 N–H and O–H groups in total. The van der Waals surface area contributed by atoms with E-state index in [1.807, 2.05) is 50.2 Å². The third kappa shape index (κ3) is 4.37. The standard InChI is InChI=1S/C22H25N3O2/c1-14-9-10-18(12-21(14)27-5)20-13-22(25-16(3)24-20)23-15(2)17-7-6-8-19(11-17)26-4/h6-13,15H,1-5H3,(H,23,24,25). The molecule has 0 spiro atoms. The maximum atomic E-state index is 5.44. The maximum Gasteiger partial charge on any atom is 0.130 e. The molecule has 0 bridgehead atoms. The Labute approximate surface area is 160 Å². The molecule has 27 heavy (non-hydrogen) atoms. The molecule has 0 aliphatic heterocycles. The van der Waals surface area contributed by atoms with Crippen molar-refractivity contribution in [1.29, 1.82) is 0 Å². The van der Waals surface area contributed by atoms with Crippen LogP contribution in [0.15, 0.2) is 48.5 Å². The Hall–Kier alpha value is -3.08. The van der Waals surface area contributed by atoms with Gasteiger partial charge in [-0.25, -0.2) is 9.97 Å². The third-order valence-electron chi connectivity index (χ3n) is 4.50. The van der Waals surface area contributed by atoms with Crippen LogP contribution in [-0.2, 0) is 0 Å². The van der Waals surface area contributed by atoms with Gasteiger partial charge < -0.3 is 14.8 Å². The molecular weight excluding hydrogens is 338 g/mol. The second kappa shape index (κ2) is 8.08. The Morgan fingerprint density at radius 3 is 2.48 bits per heavy atom. The molecule has 0 saturated heterocycles. The summed E-state index contributed by atoms with van der Waals surface area (Å²) in [7, 11) is 3.35. The third-order valence-corrected chi connectivity index (χ3v) is 4.50. The molecule has 0 aliphatic rings. The van der Waals surface area contributed by atoms with E-state index >= 15 is 0 Å². The molecule has 140 valence electrons. The SMILES string of the molecule is COc1cccc(C(C)Nc2cc(-c3ccc(C)c(OC)c3)nc(C)n2)c1. The molecule has 1 unspecified atom stereocenters. The highest BCUT2D eigenvalue weighted by Gasteiger charge is 2.11. The molecule has 0 radical (unpaired) electrons. The highest BCUT2D eigenvalue weighted by molar-refractivity contribution is 5.65. The number of aryl methyl sites for hydroxylation is 2. The fraction of sp³-hybridized carbons (Fsp3) is 0.273. The van der Waals surface area contributed by atoms with E-state index in [4.69, 9.17) is 9.47 Å². The Bertz CT molecular complexity index is 941. The van der Waals surface area contributed by atoms with E-state index in [0.29, 0.717) is 5.82 Å². The number of hydrogen-bond donors (Lipinski definition) is 1. The first-order valence-corrected chi connectivity index (χ1v) is 8.91. The lowest BCUT2D eigenvalue weighted by atomic mass is 10.1. The zero-order chi connectivity index (χ0) is 19.4. The Balaban J connectivity index is 1.89. The van der Waals surface area contributed by atoms with Crippen molar-refractivity contribution in [2.75, 3.05) is 19.5 Å². The lowest BCUT2D eigenvalue weighted by molar-refractivity contribution is 0.412. The van der Waals surface area contributed by atoms with Gasteiger partial charge in [-0.3, -0.25) is 0 Å². The molecule has 1 atom stereocenters. The van der Waals surface area contributed by atoms with Gasteiger partial charge in [0, 0.05) is 11.6 Å². The van der Waals surface area contributed by atoms with Crippen LogP contribution in [0.2, 0.25) is 0 Å². The first-order chi connectivity index (χ1) is 13.0. The molecule has 3 rings (SSSR count). The smallest absolute Gasteiger partial charge is 0.130 e. The Morgan fingerprint density at radius 1 is 0.926 bits per heavy atom. The number of anilines is 1. The lowest BCUT2D eigenvalue weighted by Crippen LogP contribution is -2.09. The van der Waals surface area contributed by atoms with Crippen LogP contribution in [0.4, 0.5) is 5.82 Å². The van der Waals surface area contributed by atoms with Gasteiger partial charge in [-0.15, -0.1) is 0 Å². The van der Waals surface area contributed by atoms with Crippen LogP contribution in [0, 0.1) is 13.8 Å². The summed E-state index contributed by atoms with van der Waals surface area (Å²) in [4.78, 5) is 9.13. The summed E-state index contributed by atoms with van der Waals surface area (Å²) >= 11 is 0. The average molecular weight is 363 g/mol. The van der Waals surface area contributed by atoms with Gasteiger partial charge in [-0.05, 0) is 50.1 Å². The lowest BCUT2D eigenvalue weighted by Gasteiger charge is -2.17. The van der Waals surface area contributed by atoms with E-state index < -0.39 is 0 Å². The van der Waals surface area contributed by atoms with Crippen molar-refractivity contribution in [3.63, 3.8) is 0 Å². The zero-order valence-corrected chi connectivity index (χ0v) is 16.4. The highest BCUT2D eigenvalue weighted by atomic mass is 16.5. The minimum atomic E-state index is 0.0785. The summed E-state index contributed by atoms with van der Waals surface area (Å²) in [6.45, 7) is 6.02. The predicted molar refractivity (Wildman–Crippen MR) is 109 cm³/mol. The van der Waals surface area contributed by atoms with Gasteiger partial charge in [0.2, 0.25) is 0 Å². The number of nitrogens with one attached hydrogen (secondary N) is 1. The highest BCUT2D eigenvalue weighted by Crippen LogP contribution is 2.28. The van der Waals surface area contributed by atoms with Gasteiger partial charge in [0.25, 0.3) is 0 Å². The number of benzene rings is 2. The minimum Gasteiger partial charge on any atom is -0.497 e. The summed E-state index contributed by atoms with van der Waals surface area (Å²) in [6.07, 6.45) is 0. The number of nitrogens with zero attached hydrogens (tertiary/aromatic N) is 2.